The molecule has 28 heavy (non-hydrogen) atoms. The molecule has 1 aromatic heterocycles. The van der Waals surface area contributed by atoms with E-state index in [4.69, 9.17) is 27.9 Å². The van der Waals surface area contributed by atoms with E-state index in [2.05, 4.69) is 9.71 Å². The maximum atomic E-state index is 12.6. The Labute approximate surface area is 172 Å². The van der Waals surface area contributed by atoms with Gasteiger partial charge < -0.3 is 4.74 Å². The van der Waals surface area contributed by atoms with Crippen LogP contribution in [0.15, 0.2) is 59.8 Å². The minimum atomic E-state index is -3.99. The Kier molecular flexibility index (Phi) is 6.39. The standard InChI is InChI=1S/C19H16Cl2N2O4S/c20-15-5-2-6-16(19(15)21)27-11-3-8-18(24)23-28(25,26)17-7-1-4-13-12-22-10-9-14(13)17/h1-2,4-7,9-10,12H,3,8,11H2,(H,23,24). The van der Waals surface area contributed by atoms with Crippen molar-refractivity contribution in [2.75, 3.05) is 6.61 Å². The van der Waals surface area contributed by atoms with Crippen LogP contribution in [0.4, 0.5) is 0 Å². The molecule has 0 saturated heterocycles. The molecule has 0 bridgehead atoms. The van der Waals surface area contributed by atoms with Gasteiger partial charge in [0.25, 0.3) is 10.0 Å². The molecule has 0 fully saturated rings. The third-order valence-corrected chi connectivity index (χ3v) is 6.13. The molecule has 3 aromatic rings. The Hall–Kier alpha value is -2.35. The lowest BCUT2D eigenvalue weighted by Crippen LogP contribution is -2.30. The van der Waals surface area contributed by atoms with Crippen molar-refractivity contribution in [2.45, 2.75) is 17.7 Å². The largest absolute Gasteiger partial charge is 0.492 e. The number of aromatic nitrogens is 1. The maximum absolute atomic E-state index is 12.6. The van der Waals surface area contributed by atoms with E-state index in [-0.39, 0.29) is 17.9 Å². The fourth-order valence-electron chi connectivity index (χ4n) is 2.59. The van der Waals surface area contributed by atoms with Gasteiger partial charge in [-0.2, -0.15) is 0 Å². The smallest absolute Gasteiger partial charge is 0.264 e. The van der Waals surface area contributed by atoms with Gasteiger partial charge >= 0.3 is 0 Å². The molecule has 0 unspecified atom stereocenters. The zero-order chi connectivity index (χ0) is 20.1. The average molecular weight is 439 g/mol. The van der Waals surface area contributed by atoms with E-state index in [1.54, 1.807) is 42.6 Å². The molecule has 1 heterocycles. The second kappa shape index (κ2) is 8.77. The molecular weight excluding hydrogens is 423 g/mol. The number of benzene rings is 2. The fourth-order valence-corrected chi connectivity index (χ4v) is 4.18. The van der Waals surface area contributed by atoms with Gasteiger partial charge in [-0.05, 0) is 30.7 Å². The number of ether oxygens (including phenoxy) is 1. The highest BCUT2D eigenvalue weighted by Crippen LogP contribution is 2.31. The Bertz CT molecular complexity index is 1110. The summed E-state index contributed by atoms with van der Waals surface area (Å²) in [5.74, 6) is -0.210. The van der Waals surface area contributed by atoms with Crippen molar-refractivity contribution in [3.05, 3.63) is 64.9 Å². The van der Waals surface area contributed by atoms with E-state index in [0.29, 0.717) is 33.0 Å². The van der Waals surface area contributed by atoms with Crippen LogP contribution in [-0.4, -0.2) is 25.9 Å². The Morgan fingerprint density at radius 2 is 1.89 bits per heavy atom. The molecule has 6 nitrogen and oxygen atoms in total. The summed E-state index contributed by atoms with van der Waals surface area (Å²) < 4.78 is 32.7. The molecule has 0 atom stereocenters. The van der Waals surface area contributed by atoms with E-state index < -0.39 is 15.9 Å². The second-order valence-corrected chi connectivity index (χ2v) is 8.32. The molecule has 0 radical (unpaired) electrons. The van der Waals surface area contributed by atoms with E-state index in [0.717, 1.165) is 0 Å². The van der Waals surface area contributed by atoms with Crippen molar-refractivity contribution in [1.82, 2.24) is 9.71 Å². The van der Waals surface area contributed by atoms with Crippen LogP contribution in [0, 0.1) is 0 Å². The molecule has 9 heteroatoms. The second-order valence-electron chi connectivity index (χ2n) is 5.89. The summed E-state index contributed by atoms with van der Waals surface area (Å²) >= 11 is 11.9. The van der Waals surface area contributed by atoms with Crippen LogP contribution in [0.3, 0.4) is 0 Å². The van der Waals surface area contributed by atoms with Crippen LogP contribution in [0.1, 0.15) is 12.8 Å². The number of carbonyl (C=O) groups excluding carboxylic acids is 1. The fraction of sp³-hybridized carbons (Fsp3) is 0.158. The van der Waals surface area contributed by atoms with Crippen LogP contribution >= 0.6 is 23.2 Å². The minimum absolute atomic E-state index is 0.0241. The van der Waals surface area contributed by atoms with E-state index in [1.807, 2.05) is 0 Å². The predicted octanol–water partition coefficient (Wildman–Crippen LogP) is 4.21. The molecule has 0 aliphatic rings. The summed E-state index contributed by atoms with van der Waals surface area (Å²) in [6.45, 7) is 0.188. The first kappa shape index (κ1) is 20.4. The summed E-state index contributed by atoms with van der Waals surface area (Å²) in [5.41, 5.74) is 0. The van der Waals surface area contributed by atoms with Gasteiger partial charge in [-0.25, -0.2) is 13.1 Å². The number of nitrogens with one attached hydrogen (secondary N) is 1. The lowest BCUT2D eigenvalue weighted by atomic mass is 10.2. The van der Waals surface area contributed by atoms with Gasteiger partial charge in [-0.15, -0.1) is 0 Å². The normalized spacial score (nSPS) is 11.4. The van der Waals surface area contributed by atoms with Crippen molar-refractivity contribution in [2.24, 2.45) is 0 Å². The van der Waals surface area contributed by atoms with Crippen molar-refractivity contribution in [3.8, 4) is 5.75 Å². The summed E-state index contributed by atoms with van der Waals surface area (Å²) in [6, 6.07) is 11.4. The number of hydrogen-bond acceptors (Lipinski definition) is 5. The molecule has 2 aromatic carbocycles. The third-order valence-electron chi connectivity index (χ3n) is 3.90. The number of halogens is 2. The van der Waals surface area contributed by atoms with Gasteiger partial charge in [0, 0.05) is 29.6 Å². The van der Waals surface area contributed by atoms with Crippen molar-refractivity contribution < 1.29 is 17.9 Å². The molecule has 146 valence electrons. The molecule has 1 N–H and O–H groups in total. The summed E-state index contributed by atoms with van der Waals surface area (Å²) in [5, 5.41) is 1.83. The molecule has 1 amide bonds. The molecule has 0 saturated carbocycles. The Morgan fingerprint density at radius 3 is 2.71 bits per heavy atom. The molecule has 3 rings (SSSR count). The maximum Gasteiger partial charge on any atom is 0.264 e. The Morgan fingerprint density at radius 1 is 1.11 bits per heavy atom. The predicted molar refractivity (Wildman–Crippen MR) is 108 cm³/mol. The van der Waals surface area contributed by atoms with Crippen molar-refractivity contribution in [1.29, 1.82) is 0 Å². The number of hydrogen-bond donors (Lipinski definition) is 1. The van der Waals surface area contributed by atoms with Crippen molar-refractivity contribution in [3.63, 3.8) is 0 Å². The molecule has 0 spiro atoms. The van der Waals surface area contributed by atoms with Crippen LogP contribution in [0.25, 0.3) is 10.8 Å². The number of carbonyl (C=O) groups is 1. The van der Waals surface area contributed by atoms with Crippen LogP contribution < -0.4 is 9.46 Å². The number of rotatable bonds is 7. The number of amides is 1. The van der Waals surface area contributed by atoms with Gasteiger partial charge in [-0.3, -0.25) is 9.78 Å². The summed E-state index contributed by atoms with van der Waals surface area (Å²) in [6.07, 6.45) is 3.35. The van der Waals surface area contributed by atoms with E-state index in [1.165, 1.54) is 12.3 Å². The van der Waals surface area contributed by atoms with Gasteiger partial charge in [-0.1, -0.05) is 41.4 Å². The third kappa shape index (κ3) is 4.73. The Balaban J connectivity index is 1.59. The quantitative estimate of drug-likeness (QED) is 0.558. The first-order valence-corrected chi connectivity index (χ1v) is 10.6. The number of fused-ring (bicyclic) bond motifs is 1. The van der Waals surface area contributed by atoms with Gasteiger partial charge in [0.2, 0.25) is 5.91 Å². The topological polar surface area (TPSA) is 85.4 Å². The van der Waals surface area contributed by atoms with Gasteiger partial charge in [0.1, 0.15) is 10.8 Å². The summed E-state index contributed by atoms with van der Waals surface area (Å²) in [4.78, 5) is 16.1. The van der Waals surface area contributed by atoms with Crippen LogP contribution in [0.2, 0.25) is 10.0 Å². The van der Waals surface area contributed by atoms with Crippen LogP contribution in [-0.2, 0) is 14.8 Å². The van der Waals surface area contributed by atoms with Gasteiger partial charge in [0.05, 0.1) is 16.5 Å². The zero-order valence-electron chi connectivity index (χ0n) is 14.6. The van der Waals surface area contributed by atoms with Gasteiger partial charge in [0.15, 0.2) is 0 Å². The molecular formula is C19H16Cl2N2O4S. The van der Waals surface area contributed by atoms with Crippen molar-refractivity contribution >= 4 is 49.9 Å². The molecule has 0 aliphatic carbocycles. The highest BCUT2D eigenvalue weighted by atomic mass is 35.5. The monoisotopic (exact) mass is 438 g/mol. The first-order chi connectivity index (χ1) is 13.4. The van der Waals surface area contributed by atoms with Crippen LogP contribution in [0.5, 0.6) is 5.75 Å². The van der Waals surface area contributed by atoms with E-state index in [9.17, 15) is 13.2 Å². The number of pyridine rings is 1. The summed E-state index contributed by atoms with van der Waals surface area (Å²) in [7, 11) is -3.99. The highest BCUT2D eigenvalue weighted by molar-refractivity contribution is 7.90. The number of sulfonamides is 1. The minimum Gasteiger partial charge on any atom is -0.492 e. The lowest BCUT2D eigenvalue weighted by Gasteiger charge is -2.10. The average Bonchev–Trinajstić information content (AvgIpc) is 2.67. The lowest BCUT2D eigenvalue weighted by molar-refractivity contribution is -0.119. The SMILES string of the molecule is O=C(CCCOc1cccc(Cl)c1Cl)NS(=O)(=O)c1cccc2cnccc12. The zero-order valence-corrected chi connectivity index (χ0v) is 16.9. The number of nitrogens with zero attached hydrogens (tertiary/aromatic N) is 1. The highest BCUT2D eigenvalue weighted by Gasteiger charge is 2.20. The molecule has 0 aliphatic heterocycles. The first-order valence-electron chi connectivity index (χ1n) is 8.34. The van der Waals surface area contributed by atoms with E-state index >= 15 is 0 Å².